The third-order valence-electron chi connectivity index (χ3n) is 3.45. The fourth-order valence-corrected chi connectivity index (χ4v) is 2.34. The zero-order chi connectivity index (χ0) is 16.4. The van der Waals surface area contributed by atoms with E-state index in [1.807, 2.05) is 26.0 Å². The van der Waals surface area contributed by atoms with Gasteiger partial charge in [0.25, 0.3) is 0 Å². The van der Waals surface area contributed by atoms with Crippen LogP contribution in [0.4, 0.5) is 0 Å². The quantitative estimate of drug-likeness (QED) is 0.636. The Balaban J connectivity index is 2.74. The maximum Gasteiger partial charge on any atom is 0.169 e. The minimum absolute atomic E-state index is 0.211. The molecular weight excluding hydrogens is 282 g/mol. The van der Waals surface area contributed by atoms with E-state index in [9.17, 15) is 0 Å². The fraction of sp³-hybridized carbons (Fsp3) is 0.647. The van der Waals surface area contributed by atoms with E-state index in [0.717, 1.165) is 23.5 Å². The van der Waals surface area contributed by atoms with E-state index in [1.165, 1.54) is 0 Å². The van der Waals surface area contributed by atoms with Crippen molar-refractivity contribution >= 4 is 0 Å². The number of hydrogen-bond donors (Lipinski definition) is 1. The number of benzene rings is 1. The van der Waals surface area contributed by atoms with Gasteiger partial charge in [0, 0.05) is 25.8 Å². The molecule has 0 aliphatic heterocycles. The van der Waals surface area contributed by atoms with Gasteiger partial charge in [-0.3, -0.25) is 0 Å². The number of hydrogen-bond acceptors (Lipinski definition) is 5. The molecule has 1 rings (SSSR count). The first-order valence-electron chi connectivity index (χ1n) is 7.88. The molecule has 5 nitrogen and oxygen atoms in total. The highest BCUT2D eigenvalue weighted by Gasteiger charge is 2.15. The third-order valence-corrected chi connectivity index (χ3v) is 3.45. The molecule has 0 heterocycles. The highest BCUT2D eigenvalue weighted by molar-refractivity contribution is 5.43. The van der Waals surface area contributed by atoms with Gasteiger partial charge in [-0.2, -0.15) is 0 Å². The van der Waals surface area contributed by atoms with Crippen LogP contribution in [0, 0.1) is 0 Å². The molecule has 1 aromatic rings. The second kappa shape index (κ2) is 10.4. The Labute approximate surface area is 133 Å². The lowest BCUT2D eigenvalue weighted by Gasteiger charge is -2.23. The molecule has 22 heavy (non-hydrogen) atoms. The van der Waals surface area contributed by atoms with Crippen LogP contribution in [0.5, 0.6) is 11.5 Å². The van der Waals surface area contributed by atoms with Crippen LogP contribution < -0.4 is 14.8 Å². The van der Waals surface area contributed by atoms with Crippen molar-refractivity contribution in [1.29, 1.82) is 0 Å². The molecule has 0 amide bonds. The summed E-state index contributed by atoms with van der Waals surface area (Å²) in [4.78, 5) is 0. The summed E-state index contributed by atoms with van der Waals surface area (Å²) in [7, 11) is 3.29. The van der Waals surface area contributed by atoms with Gasteiger partial charge in [0.05, 0.1) is 14.2 Å². The van der Waals surface area contributed by atoms with Crippen molar-refractivity contribution in [3.8, 4) is 11.5 Å². The molecule has 5 heteroatoms. The molecule has 0 aromatic heterocycles. The van der Waals surface area contributed by atoms with Crippen molar-refractivity contribution in [1.82, 2.24) is 5.32 Å². The van der Waals surface area contributed by atoms with Crippen LogP contribution in [0.3, 0.4) is 0 Å². The van der Waals surface area contributed by atoms with Crippen molar-refractivity contribution in [2.24, 2.45) is 0 Å². The van der Waals surface area contributed by atoms with Crippen LogP contribution in [-0.2, 0) is 9.47 Å². The molecule has 0 saturated heterocycles. The van der Waals surface area contributed by atoms with Crippen LogP contribution in [0.2, 0.25) is 0 Å². The molecule has 126 valence electrons. The first-order chi connectivity index (χ1) is 10.7. The molecule has 0 radical (unpaired) electrons. The summed E-state index contributed by atoms with van der Waals surface area (Å²) >= 11 is 0. The Hall–Kier alpha value is -1.30. The van der Waals surface area contributed by atoms with Crippen molar-refractivity contribution in [3.05, 3.63) is 23.8 Å². The minimum atomic E-state index is -0.218. The second-order valence-electron chi connectivity index (χ2n) is 4.82. The Morgan fingerprint density at radius 2 is 1.59 bits per heavy atom. The second-order valence-corrected chi connectivity index (χ2v) is 4.82. The molecule has 0 saturated carbocycles. The summed E-state index contributed by atoms with van der Waals surface area (Å²) in [5.74, 6) is 1.48. The first kappa shape index (κ1) is 18.7. The van der Waals surface area contributed by atoms with Gasteiger partial charge < -0.3 is 24.3 Å². The van der Waals surface area contributed by atoms with Crippen molar-refractivity contribution in [2.75, 3.05) is 34.0 Å². The summed E-state index contributed by atoms with van der Waals surface area (Å²) in [5.41, 5.74) is 1.16. The molecule has 0 bridgehead atoms. The Kier molecular flexibility index (Phi) is 8.89. The summed E-state index contributed by atoms with van der Waals surface area (Å²) in [6.07, 6.45) is 0.740. The van der Waals surface area contributed by atoms with Crippen molar-refractivity contribution < 1.29 is 18.9 Å². The number of ether oxygens (including phenoxy) is 4. The lowest BCUT2D eigenvalue weighted by atomic mass is 10.0. The normalized spacial score (nSPS) is 12.5. The SMILES string of the molecule is CCOC(CNC(CC)c1ccc(OC)c(OC)c1)OCC. The minimum Gasteiger partial charge on any atom is -0.493 e. The molecular formula is C17H29NO4. The lowest BCUT2D eigenvalue weighted by molar-refractivity contribution is -0.133. The van der Waals surface area contributed by atoms with Gasteiger partial charge in [-0.25, -0.2) is 0 Å². The van der Waals surface area contributed by atoms with Gasteiger partial charge in [-0.05, 0) is 38.0 Å². The molecule has 0 fully saturated rings. The van der Waals surface area contributed by atoms with Gasteiger partial charge in [0.1, 0.15) is 0 Å². The molecule has 1 N–H and O–H groups in total. The molecule has 1 atom stereocenters. The highest BCUT2D eigenvalue weighted by atomic mass is 16.7. The Morgan fingerprint density at radius 1 is 0.955 bits per heavy atom. The lowest BCUT2D eigenvalue weighted by Crippen LogP contribution is -2.34. The largest absolute Gasteiger partial charge is 0.493 e. The van der Waals surface area contributed by atoms with Crippen LogP contribution >= 0.6 is 0 Å². The standard InChI is InChI=1S/C17H29NO4/c1-6-14(18-12-17(21-7-2)22-8-3)13-9-10-15(19-4)16(11-13)20-5/h9-11,14,17-18H,6-8,12H2,1-5H3. The van der Waals surface area contributed by atoms with Crippen LogP contribution in [0.1, 0.15) is 38.8 Å². The Bertz CT molecular complexity index is 419. The van der Waals surface area contributed by atoms with E-state index in [1.54, 1.807) is 14.2 Å². The van der Waals surface area contributed by atoms with E-state index in [-0.39, 0.29) is 12.3 Å². The maximum absolute atomic E-state index is 5.57. The van der Waals surface area contributed by atoms with E-state index in [4.69, 9.17) is 18.9 Å². The number of methoxy groups -OCH3 is 2. The third kappa shape index (κ3) is 5.48. The van der Waals surface area contributed by atoms with Crippen LogP contribution in [0.25, 0.3) is 0 Å². The predicted molar refractivity (Wildman–Crippen MR) is 87.6 cm³/mol. The summed E-state index contributed by atoms with van der Waals surface area (Å²) in [5, 5.41) is 3.50. The maximum atomic E-state index is 5.57. The molecule has 1 aromatic carbocycles. The monoisotopic (exact) mass is 311 g/mol. The van der Waals surface area contributed by atoms with E-state index < -0.39 is 0 Å². The number of nitrogens with one attached hydrogen (secondary N) is 1. The highest BCUT2D eigenvalue weighted by Crippen LogP contribution is 2.30. The first-order valence-corrected chi connectivity index (χ1v) is 7.88. The predicted octanol–water partition coefficient (Wildman–Crippen LogP) is 3.14. The van der Waals surface area contributed by atoms with Crippen molar-refractivity contribution in [2.45, 2.75) is 39.5 Å². The zero-order valence-electron chi connectivity index (χ0n) is 14.3. The van der Waals surface area contributed by atoms with Gasteiger partial charge in [-0.1, -0.05) is 13.0 Å². The van der Waals surface area contributed by atoms with E-state index in [2.05, 4.69) is 18.3 Å². The van der Waals surface area contributed by atoms with Gasteiger partial charge >= 0.3 is 0 Å². The summed E-state index contributed by atoms with van der Waals surface area (Å²) in [6.45, 7) is 8.01. The zero-order valence-corrected chi connectivity index (χ0v) is 14.3. The molecule has 0 aliphatic carbocycles. The molecule has 1 unspecified atom stereocenters. The van der Waals surface area contributed by atoms with E-state index in [0.29, 0.717) is 19.8 Å². The molecule has 0 aliphatic rings. The average Bonchev–Trinajstić information content (AvgIpc) is 2.55. The summed E-state index contributed by atoms with van der Waals surface area (Å²) < 4.78 is 21.8. The number of rotatable bonds is 11. The van der Waals surface area contributed by atoms with E-state index >= 15 is 0 Å². The topological polar surface area (TPSA) is 49.0 Å². The van der Waals surface area contributed by atoms with Gasteiger partial charge in [0.15, 0.2) is 17.8 Å². The van der Waals surface area contributed by atoms with Crippen molar-refractivity contribution in [3.63, 3.8) is 0 Å². The fourth-order valence-electron chi connectivity index (χ4n) is 2.34. The Morgan fingerprint density at radius 3 is 2.09 bits per heavy atom. The van der Waals surface area contributed by atoms with Gasteiger partial charge in [-0.15, -0.1) is 0 Å². The average molecular weight is 311 g/mol. The van der Waals surface area contributed by atoms with Crippen LogP contribution in [-0.4, -0.2) is 40.3 Å². The molecule has 0 spiro atoms. The smallest absolute Gasteiger partial charge is 0.169 e. The van der Waals surface area contributed by atoms with Gasteiger partial charge in [0.2, 0.25) is 0 Å². The van der Waals surface area contributed by atoms with Crippen LogP contribution in [0.15, 0.2) is 18.2 Å². The summed E-state index contributed by atoms with van der Waals surface area (Å²) in [6, 6.07) is 6.21.